The highest BCUT2D eigenvalue weighted by atomic mass is 32.2. The minimum Gasteiger partial charge on any atom is -0.406 e. The number of hydrogen-bond acceptors (Lipinski definition) is 7. The van der Waals surface area contributed by atoms with Crippen molar-refractivity contribution >= 4 is 23.4 Å². The molecule has 12 heteroatoms. The Hall–Kier alpha value is -3.93. The van der Waals surface area contributed by atoms with E-state index in [1.165, 1.54) is 28.6 Å². The number of para-hydroxylation sites is 1. The Balaban J connectivity index is 1.63. The van der Waals surface area contributed by atoms with Crippen LogP contribution in [0.2, 0.25) is 0 Å². The lowest BCUT2D eigenvalue weighted by molar-refractivity contribution is -0.274. The van der Waals surface area contributed by atoms with E-state index in [1.807, 2.05) is 6.07 Å². The van der Waals surface area contributed by atoms with Crippen LogP contribution in [0.5, 0.6) is 5.75 Å². The first-order valence-electron chi connectivity index (χ1n) is 9.46. The molecular weight excluding hydrogens is 457 g/mol. The molecule has 1 N–H and O–H groups in total. The largest absolute Gasteiger partial charge is 0.573 e. The van der Waals surface area contributed by atoms with Crippen molar-refractivity contribution in [2.75, 3.05) is 5.32 Å². The summed E-state index contributed by atoms with van der Waals surface area (Å²) in [6, 6.07) is 15.6. The summed E-state index contributed by atoms with van der Waals surface area (Å²) in [6.07, 6.45) is -1.62. The summed E-state index contributed by atoms with van der Waals surface area (Å²) in [7, 11) is 0. The molecule has 2 heterocycles. The predicted octanol–water partition coefficient (Wildman–Crippen LogP) is 4.50. The third-order valence-corrected chi connectivity index (χ3v) is 5.09. The first-order valence-corrected chi connectivity index (χ1v) is 10.4. The first-order chi connectivity index (χ1) is 15.9. The smallest absolute Gasteiger partial charge is 0.406 e. The van der Waals surface area contributed by atoms with Crippen LogP contribution in [0.1, 0.15) is 16.2 Å². The number of nitrogens with one attached hydrogen (secondary N) is 1. The number of ether oxygens (including phenoxy) is 1. The van der Waals surface area contributed by atoms with E-state index in [0.717, 1.165) is 12.1 Å². The Morgan fingerprint density at radius 2 is 1.70 bits per heavy atom. The molecule has 0 aliphatic carbocycles. The fraction of sp³-hybridized carbons (Fsp3) is 0.0952. The van der Waals surface area contributed by atoms with Gasteiger partial charge in [0.15, 0.2) is 10.9 Å². The van der Waals surface area contributed by atoms with Crippen molar-refractivity contribution in [3.8, 4) is 11.4 Å². The minimum absolute atomic E-state index is 0.0675. The van der Waals surface area contributed by atoms with Gasteiger partial charge >= 0.3 is 6.36 Å². The average molecular weight is 472 g/mol. The second-order valence-corrected chi connectivity index (χ2v) is 7.42. The fourth-order valence-corrected chi connectivity index (χ4v) is 3.60. The molecule has 2 aromatic carbocycles. The van der Waals surface area contributed by atoms with Gasteiger partial charge < -0.3 is 10.1 Å². The lowest BCUT2D eigenvalue weighted by Crippen LogP contribution is -2.17. The topological polar surface area (TPSA) is 94.8 Å². The number of benzene rings is 2. The van der Waals surface area contributed by atoms with Gasteiger partial charge in [0.05, 0.1) is 11.4 Å². The molecule has 2 aromatic heterocycles. The number of aromatic nitrogens is 5. The number of rotatable bonds is 7. The summed E-state index contributed by atoms with van der Waals surface area (Å²) in [5.74, 6) is -0.619. The van der Waals surface area contributed by atoms with Crippen LogP contribution in [0.25, 0.3) is 5.69 Å². The van der Waals surface area contributed by atoms with E-state index in [9.17, 15) is 18.0 Å². The Kier molecular flexibility index (Phi) is 6.54. The summed E-state index contributed by atoms with van der Waals surface area (Å²) < 4.78 is 42.6. The Morgan fingerprint density at radius 1 is 1.00 bits per heavy atom. The van der Waals surface area contributed by atoms with Gasteiger partial charge in [-0.3, -0.25) is 4.79 Å². The van der Waals surface area contributed by atoms with E-state index in [-0.39, 0.29) is 17.2 Å². The number of hydrogen-bond donors (Lipinski definition) is 1. The van der Waals surface area contributed by atoms with Gasteiger partial charge in [-0.15, -0.1) is 18.3 Å². The summed E-state index contributed by atoms with van der Waals surface area (Å²) in [4.78, 5) is 21.2. The van der Waals surface area contributed by atoms with Crippen LogP contribution in [-0.4, -0.2) is 37.2 Å². The quantitative estimate of drug-likeness (QED) is 0.313. The number of nitrogens with zero attached hydrogens (tertiary/aromatic N) is 5. The standard InChI is InChI=1S/C21H15F3N6O2S/c22-21(23,24)32-16-9-7-15(8-10-16)30-17(13-33-20-25-11-4-12-26-20)18(28-29-30)19(31)27-14-5-2-1-3-6-14/h1-12H,13H2,(H,27,31). The zero-order valence-electron chi connectivity index (χ0n) is 16.7. The molecule has 4 aromatic rings. The lowest BCUT2D eigenvalue weighted by Gasteiger charge is -2.11. The van der Waals surface area contributed by atoms with Crippen molar-refractivity contribution in [2.45, 2.75) is 17.3 Å². The number of carbonyl (C=O) groups is 1. The summed E-state index contributed by atoms with van der Waals surface area (Å²) in [5, 5.41) is 11.3. The van der Waals surface area contributed by atoms with Gasteiger partial charge in [-0.1, -0.05) is 35.2 Å². The number of anilines is 1. The highest BCUT2D eigenvalue weighted by Crippen LogP contribution is 2.26. The molecule has 0 aliphatic rings. The van der Waals surface area contributed by atoms with Crippen LogP contribution in [0.3, 0.4) is 0 Å². The number of alkyl halides is 3. The molecule has 0 saturated heterocycles. The van der Waals surface area contributed by atoms with E-state index >= 15 is 0 Å². The lowest BCUT2D eigenvalue weighted by atomic mass is 10.2. The van der Waals surface area contributed by atoms with Gasteiger partial charge in [-0.05, 0) is 42.5 Å². The molecule has 0 atom stereocenters. The van der Waals surface area contributed by atoms with Crippen LogP contribution in [-0.2, 0) is 5.75 Å². The van der Waals surface area contributed by atoms with Gasteiger partial charge in [0.25, 0.3) is 5.91 Å². The number of amides is 1. The van der Waals surface area contributed by atoms with Gasteiger partial charge in [-0.25, -0.2) is 14.6 Å². The van der Waals surface area contributed by atoms with Crippen molar-refractivity contribution in [3.05, 3.63) is 84.4 Å². The highest BCUT2D eigenvalue weighted by Gasteiger charge is 2.31. The van der Waals surface area contributed by atoms with Crippen molar-refractivity contribution < 1.29 is 22.7 Å². The third-order valence-electron chi connectivity index (χ3n) is 4.20. The van der Waals surface area contributed by atoms with Crippen LogP contribution in [0, 0.1) is 0 Å². The summed E-state index contributed by atoms with van der Waals surface area (Å²) in [5.41, 5.74) is 1.47. The second-order valence-electron chi connectivity index (χ2n) is 6.48. The van der Waals surface area contributed by atoms with E-state index in [0.29, 0.717) is 22.2 Å². The van der Waals surface area contributed by atoms with Gasteiger partial charge in [0.2, 0.25) is 0 Å². The molecule has 33 heavy (non-hydrogen) atoms. The second kappa shape index (κ2) is 9.69. The average Bonchev–Trinajstić information content (AvgIpc) is 3.22. The minimum atomic E-state index is -4.80. The maximum absolute atomic E-state index is 12.9. The Labute approximate surface area is 189 Å². The van der Waals surface area contributed by atoms with E-state index < -0.39 is 12.3 Å². The zero-order valence-corrected chi connectivity index (χ0v) is 17.5. The zero-order chi connectivity index (χ0) is 23.3. The van der Waals surface area contributed by atoms with E-state index in [4.69, 9.17) is 0 Å². The van der Waals surface area contributed by atoms with Crippen LogP contribution < -0.4 is 10.1 Å². The highest BCUT2D eigenvalue weighted by molar-refractivity contribution is 7.98. The number of carbonyl (C=O) groups excluding carboxylic acids is 1. The van der Waals surface area contributed by atoms with Crippen molar-refractivity contribution in [1.82, 2.24) is 25.0 Å². The monoisotopic (exact) mass is 472 g/mol. The summed E-state index contributed by atoms with van der Waals surface area (Å²) >= 11 is 1.26. The first kappa shape index (κ1) is 22.3. The molecule has 4 rings (SSSR count). The van der Waals surface area contributed by atoms with Crippen LogP contribution in [0.4, 0.5) is 18.9 Å². The van der Waals surface area contributed by atoms with Crippen LogP contribution in [0.15, 0.2) is 78.2 Å². The molecule has 0 bridgehead atoms. The number of thioether (sulfide) groups is 1. The van der Waals surface area contributed by atoms with Crippen molar-refractivity contribution in [1.29, 1.82) is 0 Å². The molecule has 168 valence electrons. The molecular formula is C21H15F3N6O2S. The number of halogens is 3. The van der Waals surface area contributed by atoms with Gasteiger partial charge in [0.1, 0.15) is 5.75 Å². The van der Waals surface area contributed by atoms with Crippen molar-refractivity contribution in [2.24, 2.45) is 0 Å². The molecule has 8 nitrogen and oxygen atoms in total. The van der Waals surface area contributed by atoms with Gasteiger partial charge in [0, 0.05) is 23.8 Å². The van der Waals surface area contributed by atoms with E-state index in [1.54, 1.807) is 42.7 Å². The maximum atomic E-state index is 12.9. The molecule has 1 amide bonds. The van der Waals surface area contributed by atoms with Gasteiger partial charge in [-0.2, -0.15) is 0 Å². The molecule has 0 radical (unpaired) electrons. The molecule has 0 aliphatic heterocycles. The normalized spacial score (nSPS) is 11.2. The van der Waals surface area contributed by atoms with E-state index in [2.05, 4.69) is 30.3 Å². The fourth-order valence-electron chi connectivity index (χ4n) is 2.81. The Morgan fingerprint density at radius 3 is 2.36 bits per heavy atom. The third kappa shape index (κ3) is 5.86. The maximum Gasteiger partial charge on any atom is 0.573 e. The SMILES string of the molecule is O=C(Nc1ccccc1)c1nnn(-c2ccc(OC(F)(F)F)cc2)c1CSc1ncccn1. The molecule has 0 saturated carbocycles. The molecule has 0 spiro atoms. The predicted molar refractivity (Wildman–Crippen MR) is 114 cm³/mol. The Bertz CT molecular complexity index is 1220. The molecule has 0 fully saturated rings. The molecule has 0 unspecified atom stereocenters. The van der Waals surface area contributed by atoms with Crippen molar-refractivity contribution in [3.63, 3.8) is 0 Å². The van der Waals surface area contributed by atoms with Crippen LogP contribution >= 0.6 is 11.8 Å². The summed E-state index contributed by atoms with van der Waals surface area (Å²) in [6.45, 7) is 0.